The molecule has 3 aromatic heterocycles. The number of halogens is 1. The fraction of sp³-hybridized carbons (Fsp3) is 0.316. The maximum absolute atomic E-state index is 13.7. The van der Waals surface area contributed by atoms with Crippen molar-refractivity contribution in [3.8, 4) is 12.0 Å². The summed E-state index contributed by atoms with van der Waals surface area (Å²) in [5.74, 6) is -0.111. The summed E-state index contributed by atoms with van der Waals surface area (Å²) in [4.78, 5) is 26.3. The average Bonchev–Trinajstić information content (AvgIpc) is 3.27. The van der Waals surface area contributed by atoms with E-state index in [4.69, 9.17) is 10.00 Å². The molecule has 29 heavy (non-hydrogen) atoms. The third-order valence-electron chi connectivity index (χ3n) is 5.20. The number of fused-ring (bicyclic) bond motifs is 2. The first kappa shape index (κ1) is 17.5. The van der Waals surface area contributed by atoms with E-state index in [1.807, 2.05) is 6.07 Å². The number of rotatable bonds is 3. The highest BCUT2D eigenvalue weighted by molar-refractivity contribution is 5.77. The number of nitrogens with zero attached hydrogens (tertiary/aromatic N) is 7. The van der Waals surface area contributed by atoms with Crippen molar-refractivity contribution in [1.29, 1.82) is 5.26 Å². The molecule has 146 valence electrons. The molecule has 9 nitrogen and oxygen atoms in total. The van der Waals surface area contributed by atoms with Gasteiger partial charge in [0, 0.05) is 25.3 Å². The van der Waals surface area contributed by atoms with Crippen molar-refractivity contribution in [3.63, 3.8) is 0 Å². The van der Waals surface area contributed by atoms with E-state index >= 15 is 0 Å². The second-order valence-corrected chi connectivity index (χ2v) is 6.87. The molecule has 0 radical (unpaired) electrons. The molecular formula is C19H16FN7O2. The van der Waals surface area contributed by atoms with E-state index in [1.54, 1.807) is 15.2 Å². The Morgan fingerprint density at radius 3 is 2.86 bits per heavy atom. The fourth-order valence-electron chi connectivity index (χ4n) is 3.80. The molecule has 0 N–H and O–H groups in total. The van der Waals surface area contributed by atoms with Crippen LogP contribution in [0.1, 0.15) is 18.9 Å². The number of hydrogen-bond acceptors (Lipinski definition) is 6. The quantitative estimate of drug-likeness (QED) is 0.527. The minimum Gasteiger partial charge on any atom is -0.381 e. The normalized spacial score (nSPS) is 15.2. The van der Waals surface area contributed by atoms with Gasteiger partial charge >= 0.3 is 5.69 Å². The number of imidazole rings is 2. The summed E-state index contributed by atoms with van der Waals surface area (Å²) >= 11 is 0. The number of hydrogen-bond donors (Lipinski definition) is 0. The highest BCUT2D eigenvalue weighted by atomic mass is 19.1. The lowest BCUT2D eigenvalue weighted by Crippen LogP contribution is -2.30. The molecule has 0 spiro atoms. The molecule has 5 rings (SSSR count). The molecule has 0 bridgehead atoms. The predicted molar refractivity (Wildman–Crippen MR) is 101 cm³/mol. The molecule has 4 heterocycles. The van der Waals surface area contributed by atoms with Crippen LogP contribution >= 0.6 is 0 Å². The fourth-order valence-corrected chi connectivity index (χ4v) is 3.80. The molecule has 10 heteroatoms. The smallest absolute Gasteiger partial charge is 0.331 e. The minimum atomic E-state index is -0.389. The highest BCUT2D eigenvalue weighted by Crippen LogP contribution is 2.25. The van der Waals surface area contributed by atoms with Gasteiger partial charge in [-0.2, -0.15) is 10.2 Å². The van der Waals surface area contributed by atoms with Crippen molar-refractivity contribution in [2.24, 2.45) is 0 Å². The van der Waals surface area contributed by atoms with Crippen molar-refractivity contribution in [1.82, 2.24) is 28.7 Å². The Morgan fingerprint density at radius 1 is 1.24 bits per heavy atom. The first-order valence-electron chi connectivity index (χ1n) is 9.23. The van der Waals surface area contributed by atoms with E-state index in [9.17, 15) is 9.18 Å². The van der Waals surface area contributed by atoms with Crippen LogP contribution < -0.4 is 5.69 Å². The van der Waals surface area contributed by atoms with Crippen molar-refractivity contribution in [2.75, 3.05) is 13.2 Å². The van der Waals surface area contributed by atoms with Gasteiger partial charge in [0.1, 0.15) is 24.2 Å². The Balaban J connectivity index is 1.74. The van der Waals surface area contributed by atoms with Crippen LogP contribution in [0.4, 0.5) is 4.39 Å². The lowest BCUT2D eigenvalue weighted by molar-refractivity contribution is 0.0695. The van der Waals surface area contributed by atoms with Crippen LogP contribution in [0.5, 0.6) is 0 Å². The Labute approximate surface area is 163 Å². The summed E-state index contributed by atoms with van der Waals surface area (Å²) in [5.41, 5.74) is 1.78. The SMILES string of the molecule is N#CCn1c(=O)n(C2CCOCC2)c2nc(-n3cnc4ccc(F)cc43)ncc21. The lowest BCUT2D eigenvalue weighted by atomic mass is 10.1. The minimum absolute atomic E-state index is 0.0709. The zero-order valence-electron chi connectivity index (χ0n) is 15.3. The summed E-state index contributed by atoms with van der Waals surface area (Å²) < 4.78 is 23.7. The second kappa shape index (κ2) is 6.79. The Morgan fingerprint density at radius 2 is 2.07 bits per heavy atom. The van der Waals surface area contributed by atoms with Crippen molar-refractivity contribution >= 4 is 22.2 Å². The molecule has 1 aromatic carbocycles. The van der Waals surface area contributed by atoms with Crippen molar-refractivity contribution < 1.29 is 9.13 Å². The molecule has 1 aliphatic heterocycles. The zero-order chi connectivity index (χ0) is 20.0. The number of ether oxygens (including phenoxy) is 1. The summed E-state index contributed by atoms with van der Waals surface area (Å²) in [6.07, 6.45) is 4.42. The standard InChI is InChI=1S/C19H16FN7O2/c20-12-1-2-14-15(9-12)26(11-23-14)18-22-10-16-17(24-18)27(13-3-7-29-8-4-13)19(28)25(16)6-5-21/h1-2,9-11,13H,3-4,6-8H2. The van der Waals surface area contributed by atoms with Gasteiger partial charge in [-0.1, -0.05) is 0 Å². The molecule has 1 fully saturated rings. The lowest BCUT2D eigenvalue weighted by Gasteiger charge is -2.22. The highest BCUT2D eigenvalue weighted by Gasteiger charge is 2.24. The van der Waals surface area contributed by atoms with Gasteiger partial charge in [-0.25, -0.2) is 19.2 Å². The topological polar surface area (TPSA) is 104 Å². The molecule has 0 saturated carbocycles. The molecular weight excluding hydrogens is 377 g/mol. The van der Waals surface area contributed by atoms with E-state index in [-0.39, 0.29) is 30.0 Å². The molecule has 0 amide bonds. The maximum Gasteiger partial charge on any atom is 0.331 e. The number of aromatic nitrogens is 6. The van der Waals surface area contributed by atoms with Gasteiger partial charge in [-0.3, -0.25) is 13.7 Å². The first-order chi connectivity index (χ1) is 14.2. The van der Waals surface area contributed by atoms with Crippen LogP contribution in [0, 0.1) is 17.1 Å². The van der Waals surface area contributed by atoms with E-state index in [2.05, 4.69) is 15.0 Å². The van der Waals surface area contributed by atoms with Crippen LogP contribution in [-0.2, 0) is 11.3 Å². The van der Waals surface area contributed by atoms with Crippen LogP contribution in [-0.4, -0.2) is 41.9 Å². The summed E-state index contributed by atoms with van der Waals surface area (Å²) in [5, 5.41) is 9.14. The van der Waals surface area contributed by atoms with Gasteiger partial charge < -0.3 is 4.74 Å². The van der Waals surface area contributed by atoms with Gasteiger partial charge in [-0.15, -0.1) is 0 Å². The third kappa shape index (κ3) is 2.78. The monoisotopic (exact) mass is 393 g/mol. The van der Waals surface area contributed by atoms with E-state index in [0.29, 0.717) is 48.3 Å². The molecule has 0 unspecified atom stereocenters. The summed E-state index contributed by atoms with van der Waals surface area (Å²) in [6, 6.07) is 6.24. The van der Waals surface area contributed by atoms with Crippen LogP contribution in [0.25, 0.3) is 28.1 Å². The summed E-state index contributed by atoms with van der Waals surface area (Å²) in [6.45, 7) is 1.03. The van der Waals surface area contributed by atoms with E-state index < -0.39 is 0 Å². The van der Waals surface area contributed by atoms with Crippen LogP contribution in [0.3, 0.4) is 0 Å². The number of nitriles is 1. The van der Waals surface area contributed by atoms with Gasteiger partial charge in [0.2, 0.25) is 5.95 Å². The molecule has 0 atom stereocenters. The van der Waals surface area contributed by atoms with Crippen LogP contribution in [0.2, 0.25) is 0 Å². The molecule has 4 aromatic rings. The summed E-state index contributed by atoms with van der Waals surface area (Å²) in [7, 11) is 0. The average molecular weight is 393 g/mol. The largest absolute Gasteiger partial charge is 0.381 e. The second-order valence-electron chi connectivity index (χ2n) is 6.87. The third-order valence-corrected chi connectivity index (χ3v) is 5.20. The van der Waals surface area contributed by atoms with Crippen molar-refractivity contribution in [3.05, 3.63) is 47.0 Å². The van der Waals surface area contributed by atoms with Gasteiger partial charge in [0.25, 0.3) is 0 Å². The Bertz CT molecular complexity index is 1320. The Hall–Kier alpha value is -3.58. The molecule has 1 saturated heterocycles. The molecule has 1 aliphatic rings. The van der Waals surface area contributed by atoms with E-state index in [0.717, 1.165) is 0 Å². The first-order valence-corrected chi connectivity index (χ1v) is 9.23. The van der Waals surface area contributed by atoms with Crippen LogP contribution in [0.15, 0.2) is 35.5 Å². The van der Waals surface area contributed by atoms with E-state index in [1.165, 1.54) is 29.2 Å². The van der Waals surface area contributed by atoms with Gasteiger partial charge in [0.05, 0.1) is 23.3 Å². The van der Waals surface area contributed by atoms with Gasteiger partial charge in [-0.05, 0) is 25.0 Å². The zero-order valence-corrected chi connectivity index (χ0v) is 15.3. The predicted octanol–water partition coefficient (Wildman–Crippen LogP) is 1.95. The molecule has 0 aliphatic carbocycles. The maximum atomic E-state index is 13.7. The van der Waals surface area contributed by atoms with Gasteiger partial charge in [0.15, 0.2) is 5.65 Å². The Kier molecular flexibility index (Phi) is 4.10. The van der Waals surface area contributed by atoms with Crippen molar-refractivity contribution in [2.45, 2.75) is 25.4 Å². The number of benzene rings is 1.